The molecule has 1 amide bonds. The predicted octanol–water partition coefficient (Wildman–Crippen LogP) is 3.32. The second-order valence-electron chi connectivity index (χ2n) is 5.80. The highest BCUT2D eigenvalue weighted by atomic mass is 35.5. The van der Waals surface area contributed by atoms with E-state index >= 15 is 0 Å². The summed E-state index contributed by atoms with van der Waals surface area (Å²) in [6.45, 7) is 6.06. The van der Waals surface area contributed by atoms with Crippen molar-refractivity contribution in [3.05, 3.63) is 22.7 Å². The van der Waals surface area contributed by atoms with Gasteiger partial charge >= 0.3 is 0 Å². The topological polar surface area (TPSA) is 54.9 Å². The molecule has 0 aromatic carbocycles. The average Bonchev–Trinajstić information content (AvgIpc) is 2.75. The Hall–Kier alpha value is -1.16. The van der Waals surface area contributed by atoms with Crippen LogP contribution in [0.1, 0.15) is 68.7 Å². The molecular formula is C14H20ClN3O. The Morgan fingerprint density at radius 1 is 1.42 bits per heavy atom. The van der Waals surface area contributed by atoms with Crippen molar-refractivity contribution in [1.29, 1.82) is 0 Å². The Balaban J connectivity index is 2.20. The molecule has 5 heteroatoms. The van der Waals surface area contributed by atoms with Crippen molar-refractivity contribution in [2.45, 2.75) is 57.9 Å². The van der Waals surface area contributed by atoms with E-state index < -0.39 is 0 Å². The molecule has 1 saturated carbocycles. The van der Waals surface area contributed by atoms with Crippen molar-refractivity contribution >= 4 is 17.5 Å². The predicted molar refractivity (Wildman–Crippen MR) is 75.5 cm³/mol. The Kier molecular flexibility index (Phi) is 4.09. The highest BCUT2D eigenvalue weighted by Crippen LogP contribution is 2.29. The summed E-state index contributed by atoms with van der Waals surface area (Å²) < 4.78 is 0. The van der Waals surface area contributed by atoms with Crippen molar-refractivity contribution in [2.75, 3.05) is 0 Å². The smallest absolute Gasteiger partial charge is 0.271 e. The van der Waals surface area contributed by atoms with Gasteiger partial charge in [0.15, 0.2) is 0 Å². The Morgan fingerprint density at radius 3 is 2.63 bits per heavy atom. The third kappa shape index (κ3) is 3.24. The highest BCUT2D eigenvalue weighted by Gasteiger charge is 2.31. The summed E-state index contributed by atoms with van der Waals surface area (Å²) in [5.74, 6) is 0.621. The second-order valence-corrected chi connectivity index (χ2v) is 6.21. The fourth-order valence-electron chi connectivity index (χ4n) is 2.43. The Morgan fingerprint density at radius 2 is 2.05 bits per heavy atom. The van der Waals surface area contributed by atoms with Crippen LogP contribution in [0.15, 0.2) is 6.20 Å². The van der Waals surface area contributed by atoms with E-state index in [-0.39, 0.29) is 23.1 Å². The molecule has 1 aliphatic rings. The fraction of sp³-hybridized carbons (Fsp3) is 0.643. The normalized spacial score (nSPS) is 17.7. The molecule has 0 atom stereocenters. The first-order valence-electron chi connectivity index (χ1n) is 6.76. The molecule has 0 radical (unpaired) electrons. The van der Waals surface area contributed by atoms with Crippen LogP contribution in [0, 0.1) is 0 Å². The number of rotatable bonds is 3. The van der Waals surface area contributed by atoms with E-state index in [4.69, 9.17) is 11.6 Å². The van der Waals surface area contributed by atoms with Crippen molar-refractivity contribution in [2.24, 2.45) is 0 Å². The number of amides is 1. The number of nitrogens with zero attached hydrogens (tertiary/aromatic N) is 2. The van der Waals surface area contributed by atoms with Crippen LogP contribution >= 0.6 is 11.6 Å². The molecule has 19 heavy (non-hydrogen) atoms. The lowest BCUT2D eigenvalue weighted by Crippen LogP contribution is -2.44. The molecule has 0 aliphatic heterocycles. The Labute approximate surface area is 119 Å². The quantitative estimate of drug-likeness (QED) is 0.925. The van der Waals surface area contributed by atoms with Gasteiger partial charge in [-0.1, -0.05) is 38.3 Å². The molecular weight excluding hydrogens is 262 g/mol. The molecule has 1 fully saturated rings. The third-order valence-corrected chi connectivity index (χ3v) is 3.89. The number of carbonyl (C=O) groups is 1. The van der Waals surface area contributed by atoms with Crippen LogP contribution in [0.2, 0.25) is 5.02 Å². The van der Waals surface area contributed by atoms with Gasteiger partial charge in [0.25, 0.3) is 5.91 Å². The van der Waals surface area contributed by atoms with Crippen LogP contribution < -0.4 is 5.32 Å². The lowest BCUT2D eigenvalue weighted by Gasteiger charge is -2.25. The lowest BCUT2D eigenvalue weighted by atomic mass is 10.0. The maximum Gasteiger partial charge on any atom is 0.271 e. The molecule has 0 bridgehead atoms. The van der Waals surface area contributed by atoms with Gasteiger partial charge in [0.1, 0.15) is 11.5 Å². The zero-order chi connectivity index (χ0) is 14.0. The molecule has 0 saturated heterocycles. The standard InChI is InChI=1S/C14H20ClN3O/c1-9(2)12-16-8-10(15)11(17-12)13(19)18-14(3)6-4-5-7-14/h8-9H,4-7H2,1-3H3,(H,18,19). The van der Waals surface area contributed by atoms with E-state index in [0.29, 0.717) is 10.8 Å². The van der Waals surface area contributed by atoms with Gasteiger partial charge < -0.3 is 5.32 Å². The number of nitrogens with one attached hydrogen (secondary N) is 1. The van der Waals surface area contributed by atoms with Gasteiger partial charge in [-0.15, -0.1) is 0 Å². The maximum absolute atomic E-state index is 12.3. The van der Waals surface area contributed by atoms with Gasteiger partial charge in [0.2, 0.25) is 0 Å². The number of aromatic nitrogens is 2. The summed E-state index contributed by atoms with van der Waals surface area (Å²) in [6, 6.07) is 0. The van der Waals surface area contributed by atoms with Gasteiger partial charge in [0, 0.05) is 11.5 Å². The summed E-state index contributed by atoms with van der Waals surface area (Å²) in [5, 5.41) is 3.37. The van der Waals surface area contributed by atoms with E-state index in [1.807, 2.05) is 13.8 Å². The van der Waals surface area contributed by atoms with Gasteiger partial charge in [-0.3, -0.25) is 4.79 Å². The van der Waals surface area contributed by atoms with E-state index in [9.17, 15) is 4.79 Å². The summed E-state index contributed by atoms with van der Waals surface area (Å²) in [5.41, 5.74) is 0.164. The van der Waals surface area contributed by atoms with Gasteiger partial charge in [0.05, 0.1) is 11.2 Å². The average molecular weight is 282 g/mol. The van der Waals surface area contributed by atoms with Crippen LogP contribution in [0.3, 0.4) is 0 Å². The molecule has 1 N–H and O–H groups in total. The largest absolute Gasteiger partial charge is 0.345 e. The Bertz CT molecular complexity index is 482. The van der Waals surface area contributed by atoms with Gasteiger partial charge in [-0.05, 0) is 19.8 Å². The van der Waals surface area contributed by atoms with Gasteiger partial charge in [-0.2, -0.15) is 0 Å². The third-order valence-electron chi connectivity index (χ3n) is 3.62. The molecule has 1 aliphatic carbocycles. The van der Waals surface area contributed by atoms with Crippen LogP contribution in [0.25, 0.3) is 0 Å². The molecule has 1 aromatic rings. The monoisotopic (exact) mass is 281 g/mol. The zero-order valence-corrected chi connectivity index (χ0v) is 12.4. The number of carbonyl (C=O) groups excluding carboxylic acids is 1. The van der Waals surface area contributed by atoms with Crippen LogP contribution in [-0.4, -0.2) is 21.4 Å². The molecule has 0 spiro atoms. The van der Waals surface area contributed by atoms with Crippen molar-refractivity contribution in [3.8, 4) is 0 Å². The van der Waals surface area contributed by atoms with E-state index in [2.05, 4.69) is 22.2 Å². The fourth-order valence-corrected chi connectivity index (χ4v) is 2.61. The lowest BCUT2D eigenvalue weighted by molar-refractivity contribution is 0.0902. The number of hydrogen-bond acceptors (Lipinski definition) is 3. The van der Waals surface area contributed by atoms with Crippen molar-refractivity contribution < 1.29 is 4.79 Å². The molecule has 0 unspecified atom stereocenters. The minimum atomic E-state index is -0.196. The number of halogens is 1. The first-order chi connectivity index (χ1) is 8.91. The summed E-state index contributed by atoms with van der Waals surface area (Å²) in [7, 11) is 0. The summed E-state index contributed by atoms with van der Waals surface area (Å²) >= 11 is 6.04. The van der Waals surface area contributed by atoms with Crippen molar-refractivity contribution in [3.63, 3.8) is 0 Å². The molecule has 1 heterocycles. The molecule has 2 rings (SSSR count). The van der Waals surface area contributed by atoms with Crippen LogP contribution in [0.5, 0.6) is 0 Å². The highest BCUT2D eigenvalue weighted by molar-refractivity contribution is 6.33. The molecule has 104 valence electrons. The van der Waals surface area contributed by atoms with Crippen molar-refractivity contribution in [1.82, 2.24) is 15.3 Å². The SMILES string of the molecule is CC(C)c1ncc(Cl)c(C(=O)NC2(C)CCCC2)n1. The summed E-state index contributed by atoms with van der Waals surface area (Å²) in [6.07, 6.45) is 5.85. The minimum Gasteiger partial charge on any atom is -0.345 e. The molecule has 4 nitrogen and oxygen atoms in total. The van der Waals surface area contributed by atoms with E-state index in [1.165, 1.54) is 6.20 Å². The van der Waals surface area contributed by atoms with E-state index in [1.54, 1.807) is 0 Å². The van der Waals surface area contributed by atoms with Crippen LogP contribution in [0.4, 0.5) is 0 Å². The number of hydrogen-bond donors (Lipinski definition) is 1. The van der Waals surface area contributed by atoms with Gasteiger partial charge in [-0.25, -0.2) is 9.97 Å². The second kappa shape index (κ2) is 5.45. The zero-order valence-electron chi connectivity index (χ0n) is 11.7. The first-order valence-corrected chi connectivity index (χ1v) is 7.14. The first kappa shape index (κ1) is 14.3. The molecule has 1 aromatic heterocycles. The van der Waals surface area contributed by atoms with E-state index in [0.717, 1.165) is 25.7 Å². The minimum absolute atomic E-state index is 0.122. The van der Waals surface area contributed by atoms with Crippen LogP contribution in [-0.2, 0) is 0 Å². The summed E-state index contributed by atoms with van der Waals surface area (Å²) in [4.78, 5) is 20.8. The maximum atomic E-state index is 12.3.